The molecule has 0 aromatic heterocycles. The third-order valence-corrected chi connectivity index (χ3v) is 4.37. The van der Waals surface area contributed by atoms with Crippen LogP contribution in [0.5, 0.6) is 5.75 Å². The van der Waals surface area contributed by atoms with E-state index in [2.05, 4.69) is 37.2 Å². The summed E-state index contributed by atoms with van der Waals surface area (Å²) >= 11 is 7.02. The molecule has 0 aliphatic carbocycles. The molecule has 1 unspecified atom stereocenters. The number of hydrogen-bond donors (Lipinski definition) is 1. The number of methoxy groups -OCH3 is 1. The fraction of sp³-hybridized carbons (Fsp3) is 0.250. The van der Waals surface area contributed by atoms with Gasteiger partial charge in [-0.1, -0.05) is 50.9 Å². The van der Waals surface area contributed by atoms with Crippen LogP contribution in [0.15, 0.2) is 45.3 Å². The van der Waals surface area contributed by atoms with Gasteiger partial charge in [-0.05, 0) is 41.9 Å². The van der Waals surface area contributed by atoms with Gasteiger partial charge >= 0.3 is 0 Å². The fourth-order valence-corrected chi connectivity index (χ4v) is 3.49. The molecule has 2 nitrogen and oxygen atoms in total. The Hall–Kier alpha value is -0.910. The predicted octanol–water partition coefficient (Wildman–Crippen LogP) is 5.06. The van der Waals surface area contributed by atoms with E-state index in [4.69, 9.17) is 4.74 Å². The Balaban J connectivity index is 2.45. The average Bonchev–Trinajstić information content (AvgIpc) is 2.45. The molecule has 0 bridgehead atoms. The van der Waals surface area contributed by atoms with Gasteiger partial charge in [0.1, 0.15) is 0 Å². The standard InChI is InChI=1S/C16H16Br2FNO/c1-3-20-16(12-6-5-11(17)9-13(12)18)10-4-7-15(21-2)14(19)8-10/h4-9,16,20H,3H2,1-2H3. The summed E-state index contributed by atoms with van der Waals surface area (Å²) in [6.45, 7) is 2.81. The van der Waals surface area contributed by atoms with Gasteiger partial charge in [-0.25, -0.2) is 4.39 Å². The maximum absolute atomic E-state index is 14.0. The van der Waals surface area contributed by atoms with Gasteiger partial charge in [-0.15, -0.1) is 0 Å². The summed E-state index contributed by atoms with van der Waals surface area (Å²) in [7, 11) is 1.46. The summed E-state index contributed by atoms with van der Waals surface area (Å²) < 4.78 is 20.9. The number of ether oxygens (including phenoxy) is 1. The van der Waals surface area contributed by atoms with Crippen molar-refractivity contribution in [3.63, 3.8) is 0 Å². The van der Waals surface area contributed by atoms with Crippen LogP contribution >= 0.6 is 31.9 Å². The Labute approximate surface area is 141 Å². The fourth-order valence-electron chi connectivity index (χ4n) is 2.21. The summed E-state index contributed by atoms with van der Waals surface area (Å²) in [4.78, 5) is 0. The molecule has 0 spiro atoms. The van der Waals surface area contributed by atoms with Crippen molar-refractivity contribution in [2.24, 2.45) is 0 Å². The molecule has 0 saturated heterocycles. The van der Waals surface area contributed by atoms with Crippen LogP contribution in [-0.4, -0.2) is 13.7 Å². The van der Waals surface area contributed by atoms with Crippen LogP contribution in [-0.2, 0) is 0 Å². The van der Waals surface area contributed by atoms with Crippen molar-refractivity contribution in [2.75, 3.05) is 13.7 Å². The molecule has 0 heterocycles. The Bertz CT molecular complexity index is 634. The molecule has 21 heavy (non-hydrogen) atoms. The van der Waals surface area contributed by atoms with Crippen molar-refractivity contribution in [1.29, 1.82) is 0 Å². The highest BCUT2D eigenvalue weighted by Crippen LogP contribution is 2.32. The topological polar surface area (TPSA) is 21.3 Å². The Morgan fingerprint density at radius 1 is 1.19 bits per heavy atom. The number of hydrogen-bond acceptors (Lipinski definition) is 2. The molecule has 0 aliphatic heterocycles. The van der Waals surface area contributed by atoms with Crippen molar-refractivity contribution in [2.45, 2.75) is 13.0 Å². The number of rotatable bonds is 5. The molecule has 0 amide bonds. The molecule has 5 heteroatoms. The molecule has 0 saturated carbocycles. The lowest BCUT2D eigenvalue weighted by atomic mass is 9.98. The van der Waals surface area contributed by atoms with E-state index >= 15 is 0 Å². The van der Waals surface area contributed by atoms with E-state index in [0.29, 0.717) is 0 Å². The van der Waals surface area contributed by atoms with E-state index in [9.17, 15) is 4.39 Å². The molecular formula is C16H16Br2FNO. The van der Waals surface area contributed by atoms with Gasteiger partial charge < -0.3 is 10.1 Å². The van der Waals surface area contributed by atoms with Crippen LogP contribution in [0.2, 0.25) is 0 Å². The van der Waals surface area contributed by atoms with E-state index in [-0.39, 0.29) is 17.6 Å². The molecular weight excluding hydrogens is 401 g/mol. The van der Waals surface area contributed by atoms with Gasteiger partial charge in [0, 0.05) is 8.95 Å². The molecule has 2 rings (SSSR count). The third-order valence-electron chi connectivity index (χ3n) is 3.19. The molecule has 112 valence electrons. The maximum Gasteiger partial charge on any atom is 0.165 e. The molecule has 2 aromatic rings. The zero-order valence-electron chi connectivity index (χ0n) is 11.8. The van der Waals surface area contributed by atoms with Gasteiger partial charge in [0.25, 0.3) is 0 Å². The van der Waals surface area contributed by atoms with Crippen LogP contribution in [0, 0.1) is 5.82 Å². The van der Waals surface area contributed by atoms with E-state index in [1.54, 1.807) is 6.07 Å². The smallest absolute Gasteiger partial charge is 0.165 e. The minimum Gasteiger partial charge on any atom is -0.494 e. The first-order valence-electron chi connectivity index (χ1n) is 6.58. The van der Waals surface area contributed by atoms with Gasteiger partial charge in [0.15, 0.2) is 11.6 Å². The van der Waals surface area contributed by atoms with E-state index in [1.165, 1.54) is 13.2 Å². The van der Waals surface area contributed by atoms with Crippen molar-refractivity contribution in [3.8, 4) is 5.75 Å². The van der Waals surface area contributed by atoms with Crippen molar-refractivity contribution < 1.29 is 9.13 Å². The highest BCUT2D eigenvalue weighted by atomic mass is 79.9. The second-order valence-corrected chi connectivity index (χ2v) is 6.32. The van der Waals surface area contributed by atoms with Gasteiger partial charge in [0.05, 0.1) is 13.2 Å². The van der Waals surface area contributed by atoms with Crippen LogP contribution in [0.1, 0.15) is 24.1 Å². The molecule has 1 N–H and O–H groups in total. The lowest BCUT2D eigenvalue weighted by Gasteiger charge is -2.21. The minimum absolute atomic E-state index is 0.0853. The average molecular weight is 417 g/mol. The second kappa shape index (κ2) is 7.38. The van der Waals surface area contributed by atoms with Crippen molar-refractivity contribution >= 4 is 31.9 Å². The first-order valence-corrected chi connectivity index (χ1v) is 8.17. The number of halogens is 3. The molecule has 2 aromatic carbocycles. The highest BCUT2D eigenvalue weighted by Gasteiger charge is 2.17. The maximum atomic E-state index is 14.0. The summed E-state index contributed by atoms with van der Waals surface area (Å²) in [5.74, 6) is -0.102. The van der Waals surface area contributed by atoms with Crippen molar-refractivity contribution in [1.82, 2.24) is 5.32 Å². The monoisotopic (exact) mass is 415 g/mol. The Morgan fingerprint density at radius 3 is 2.52 bits per heavy atom. The number of nitrogens with one attached hydrogen (secondary N) is 1. The Kier molecular flexibility index (Phi) is 5.79. The highest BCUT2D eigenvalue weighted by molar-refractivity contribution is 9.11. The molecule has 0 fully saturated rings. The van der Waals surface area contributed by atoms with Gasteiger partial charge in [0.2, 0.25) is 0 Å². The van der Waals surface area contributed by atoms with Crippen LogP contribution in [0.25, 0.3) is 0 Å². The molecule has 1 atom stereocenters. The number of benzene rings is 2. The Morgan fingerprint density at radius 2 is 1.95 bits per heavy atom. The first kappa shape index (κ1) is 16.5. The zero-order chi connectivity index (χ0) is 15.4. The summed E-state index contributed by atoms with van der Waals surface area (Å²) in [6.07, 6.45) is 0. The second-order valence-electron chi connectivity index (χ2n) is 4.55. The predicted molar refractivity (Wildman–Crippen MR) is 90.3 cm³/mol. The lowest BCUT2D eigenvalue weighted by molar-refractivity contribution is 0.385. The lowest BCUT2D eigenvalue weighted by Crippen LogP contribution is -2.22. The third kappa shape index (κ3) is 3.84. The molecule has 0 aliphatic rings. The SMILES string of the molecule is CCNC(c1ccc(OC)c(F)c1)c1ccc(Br)cc1Br. The van der Waals surface area contributed by atoms with E-state index < -0.39 is 0 Å². The van der Waals surface area contributed by atoms with Gasteiger partial charge in [-0.3, -0.25) is 0 Å². The summed E-state index contributed by atoms with van der Waals surface area (Å²) in [5.41, 5.74) is 1.92. The first-order chi connectivity index (χ1) is 10.1. The van der Waals surface area contributed by atoms with Gasteiger partial charge in [-0.2, -0.15) is 0 Å². The summed E-state index contributed by atoms with van der Waals surface area (Å²) in [6, 6.07) is 10.9. The minimum atomic E-state index is -0.355. The van der Waals surface area contributed by atoms with Crippen LogP contribution in [0.4, 0.5) is 4.39 Å². The van der Waals surface area contributed by atoms with Crippen LogP contribution < -0.4 is 10.1 Å². The normalized spacial score (nSPS) is 12.2. The molecule has 0 radical (unpaired) electrons. The van der Waals surface area contributed by atoms with E-state index in [0.717, 1.165) is 26.6 Å². The quantitative estimate of drug-likeness (QED) is 0.735. The zero-order valence-corrected chi connectivity index (χ0v) is 15.0. The van der Waals surface area contributed by atoms with Crippen LogP contribution in [0.3, 0.4) is 0 Å². The van der Waals surface area contributed by atoms with E-state index in [1.807, 2.05) is 31.2 Å². The van der Waals surface area contributed by atoms with Crippen molar-refractivity contribution in [3.05, 3.63) is 62.3 Å². The largest absolute Gasteiger partial charge is 0.494 e. The summed E-state index contributed by atoms with van der Waals surface area (Å²) in [5, 5.41) is 3.39.